The molecule has 1 heterocycles. The molecule has 26 heavy (non-hydrogen) atoms. The lowest BCUT2D eigenvalue weighted by Crippen LogP contribution is -2.08. The molecular weight excluding hydrogens is 326 g/mol. The highest BCUT2D eigenvalue weighted by atomic mass is 16.5. The van der Waals surface area contributed by atoms with Gasteiger partial charge in [-0.1, -0.05) is 18.2 Å². The number of hydrogen-bond donors (Lipinski definition) is 2. The highest BCUT2D eigenvalue weighted by Gasteiger charge is 2.08. The molecule has 0 spiro atoms. The first-order valence-electron chi connectivity index (χ1n) is 8.58. The minimum atomic E-state index is 0.0785. The van der Waals surface area contributed by atoms with Crippen molar-refractivity contribution in [2.75, 3.05) is 10.6 Å². The molecule has 0 amide bonds. The van der Waals surface area contributed by atoms with Crippen molar-refractivity contribution < 1.29 is 4.74 Å². The summed E-state index contributed by atoms with van der Waals surface area (Å²) in [4.78, 5) is 4.48. The largest absolute Gasteiger partial charge is 0.489 e. The summed E-state index contributed by atoms with van der Waals surface area (Å²) in [6.45, 7) is 8.15. The SMILES string of the molecule is Cc1ccc(Nc2cnnc(Nc3ccccc3OC(C)C)n2)cc1C. The molecule has 0 aliphatic heterocycles. The van der Waals surface area contributed by atoms with Gasteiger partial charge in [-0.3, -0.25) is 0 Å². The van der Waals surface area contributed by atoms with Crippen LogP contribution in [0.4, 0.5) is 23.1 Å². The van der Waals surface area contributed by atoms with E-state index in [4.69, 9.17) is 4.74 Å². The van der Waals surface area contributed by atoms with Crippen LogP contribution in [0.25, 0.3) is 0 Å². The smallest absolute Gasteiger partial charge is 0.249 e. The van der Waals surface area contributed by atoms with E-state index in [-0.39, 0.29) is 6.10 Å². The summed E-state index contributed by atoms with van der Waals surface area (Å²) in [5, 5.41) is 14.5. The fourth-order valence-electron chi connectivity index (χ4n) is 2.43. The zero-order chi connectivity index (χ0) is 18.5. The van der Waals surface area contributed by atoms with Gasteiger partial charge in [-0.25, -0.2) is 0 Å². The van der Waals surface area contributed by atoms with Crippen LogP contribution < -0.4 is 15.4 Å². The second-order valence-electron chi connectivity index (χ2n) is 6.38. The molecule has 0 aliphatic rings. The van der Waals surface area contributed by atoms with Crippen LogP contribution in [0.15, 0.2) is 48.7 Å². The molecule has 1 aromatic heterocycles. The lowest BCUT2D eigenvalue weighted by atomic mass is 10.1. The lowest BCUT2D eigenvalue weighted by Gasteiger charge is -2.14. The van der Waals surface area contributed by atoms with E-state index in [1.165, 1.54) is 11.1 Å². The molecule has 0 atom stereocenters. The molecule has 0 unspecified atom stereocenters. The second kappa shape index (κ2) is 7.82. The summed E-state index contributed by atoms with van der Waals surface area (Å²) in [5.41, 5.74) is 4.23. The summed E-state index contributed by atoms with van der Waals surface area (Å²) in [5.74, 6) is 1.77. The van der Waals surface area contributed by atoms with E-state index in [0.29, 0.717) is 11.8 Å². The van der Waals surface area contributed by atoms with Crippen LogP contribution in [0, 0.1) is 13.8 Å². The number of anilines is 4. The number of ether oxygens (including phenoxy) is 1. The maximum absolute atomic E-state index is 5.81. The maximum atomic E-state index is 5.81. The van der Waals surface area contributed by atoms with Gasteiger partial charge in [0.05, 0.1) is 18.0 Å². The van der Waals surface area contributed by atoms with Gasteiger partial charge in [-0.15, -0.1) is 5.10 Å². The Bertz CT molecular complexity index is 895. The molecule has 0 aliphatic carbocycles. The zero-order valence-corrected chi connectivity index (χ0v) is 15.4. The van der Waals surface area contributed by atoms with Crippen LogP contribution in [0.5, 0.6) is 5.75 Å². The molecule has 0 saturated heterocycles. The van der Waals surface area contributed by atoms with Crippen molar-refractivity contribution in [2.45, 2.75) is 33.8 Å². The standard InChI is InChI=1S/C20H23N5O/c1-13(2)26-18-8-6-5-7-17(18)23-20-24-19(12-21-25-20)22-16-10-9-14(3)15(4)11-16/h5-13H,1-4H3,(H2,22,23,24,25). The zero-order valence-electron chi connectivity index (χ0n) is 15.4. The summed E-state index contributed by atoms with van der Waals surface area (Å²) in [6, 6.07) is 13.9. The Labute approximate surface area is 153 Å². The van der Waals surface area contributed by atoms with Gasteiger partial charge in [0.15, 0.2) is 5.82 Å². The highest BCUT2D eigenvalue weighted by molar-refractivity contribution is 5.64. The summed E-state index contributed by atoms with van der Waals surface area (Å²) in [6.07, 6.45) is 1.67. The van der Waals surface area contributed by atoms with E-state index in [1.807, 2.05) is 44.2 Å². The minimum Gasteiger partial charge on any atom is -0.489 e. The topological polar surface area (TPSA) is 72.0 Å². The van der Waals surface area contributed by atoms with Gasteiger partial charge in [0.2, 0.25) is 5.95 Å². The quantitative estimate of drug-likeness (QED) is 0.668. The van der Waals surface area contributed by atoms with E-state index >= 15 is 0 Å². The number of benzene rings is 2. The molecule has 6 nitrogen and oxygen atoms in total. The third-order valence-electron chi connectivity index (χ3n) is 3.83. The molecule has 6 heteroatoms. The predicted octanol–water partition coefficient (Wildman–Crippen LogP) is 4.76. The number of nitrogens with one attached hydrogen (secondary N) is 2. The van der Waals surface area contributed by atoms with Crippen LogP contribution in [0.1, 0.15) is 25.0 Å². The number of rotatable bonds is 6. The third-order valence-corrected chi connectivity index (χ3v) is 3.83. The Kier molecular flexibility index (Phi) is 5.31. The summed E-state index contributed by atoms with van der Waals surface area (Å²) in [7, 11) is 0. The lowest BCUT2D eigenvalue weighted by molar-refractivity contribution is 0.244. The fraction of sp³-hybridized carbons (Fsp3) is 0.250. The first-order valence-corrected chi connectivity index (χ1v) is 8.58. The highest BCUT2D eigenvalue weighted by Crippen LogP contribution is 2.27. The number of para-hydroxylation sites is 2. The first kappa shape index (κ1) is 17.7. The molecule has 134 valence electrons. The van der Waals surface area contributed by atoms with Gasteiger partial charge in [0.25, 0.3) is 0 Å². The molecule has 3 aromatic rings. The van der Waals surface area contributed by atoms with Crippen molar-refractivity contribution in [3.8, 4) is 5.75 Å². The van der Waals surface area contributed by atoms with Gasteiger partial charge < -0.3 is 15.4 Å². The van der Waals surface area contributed by atoms with Crippen LogP contribution >= 0.6 is 0 Å². The van der Waals surface area contributed by atoms with Crippen LogP contribution in [-0.4, -0.2) is 21.3 Å². The molecule has 0 fully saturated rings. The number of hydrogen-bond acceptors (Lipinski definition) is 6. The average Bonchev–Trinajstić information content (AvgIpc) is 2.60. The Morgan fingerprint density at radius 2 is 1.77 bits per heavy atom. The van der Waals surface area contributed by atoms with E-state index in [2.05, 4.69) is 51.8 Å². The molecule has 2 aromatic carbocycles. The van der Waals surface area contributed by atoms with Crippen LogP contribution in [0.2, 0.25) is 0 Å². The Balaban J connectivity index is 1.78. The first-order chi connectivity index (χ1) is 12.5. The predicted molar refractivity (Wildman–Crippen MR) is 105 cm³/mol. The molecule has 3 rings (SSSR count). The monoisotopic (exact) mass is 349 g/mol. The van der Waals surface area contributed by atoms with Crippen LogP contribution in [-0.2, 0) is 0 Å². The van der Waals surface area contributed by atoms with Crippen molar-refractivity contribution in [3.05, 3.63) is 59.8 Å². The minimum absolute atomic E-state index is 0.0785. The summed E-state index contributed by atoms with van der Waals surface area (Å²) >= 11 is 0. The van der Waals surface area contributed by atoms with Crippen molar-refractivity contribution in [1.82, 2.24) is 15.2 Å². The Morgan fingerprint density at radius 3 is 2.54 bits per heavy atom. The van der Waals surface area contributed by atoms with Gasteiger partial charge in [0, 0.05) is 5.69 Å². The van der Waals surface area contributed by atoms with Gasteiger partial charge in [-0.05, 0) is 63.1 Å². The average molecular weight is 349 g/mol. The van der Waals surface area contributed by atoms with Crippen molar-refractivity contribution in [2.24, 2.45) is 0 Å². The normalized spacial score (nSPS) is 10.7. The van der Waals surface area contributed by atoms with E-state index in [9.17, 15) is 0 Å². The molecular formula is C20H23N5O. The summed E-state index contributed by atoms with van der Waals surface area (Å²) < 4.78 is 5.81. The molecule has 2 N–H and O–H groups in total. The second-order valence-corrected chi connectivity index (χ2v) is 6.38. The van der Waals surface area contributed by atoms with Gasteiger partial charge in [-0.2, -0.15) is 10.1 Å². The van der Waals surface area contributed by atoms with E-state index in [1.54, 1.807) is 6.20 Å². The van der Waals surface area contributed by atoms with Gasteiger partial charge >= 0.3 is 0 Å². The Hall–Kier alpha value is -3.15. The number of nitrogens with zero attached hydrogens (tertiary/aromatic N) is 3. The Morgan fingerprint density at radius 1 is 0.962 bits per heavy atom. The third kappa shape index (κ3) is 4.47. The molecule has 0 saturated carbocycles. The van der Waals surface area contributed by atoms with Crippen molar-refractivity contribution in [3.63, 3.8) is 0 Å². The van der Waals surface area contributed by atoms with E-state index in [0.717, 1.165) is 17.1 Å². The van der Waals surface area contributed by atoms with Crippen LogP contribution in [0.3, 0.4) is 0 Å². The van der Waals surface area contributed by atoms with Crippen molar-refractivity contribution in [1.29, 1.82) is 0 Å². The maximum Gasteiger partial charge on any atom is 0.249 e. The van der Waals surface area contributed by atoms with Crippen molar-refractivity contribution >= 4 is 23.1 Å². The molecule has 0 radical (unpaired) electrons. The number of aromatic nitrogens is 3. The van der Waals surface area contributed by atoms with Gasteiger partial charge in [0.1, 0.15) is 5.75 Å². The molecule has 0 bridgehead atoms. The number of aryl methyl sites for hydroxylation is 2. The van der Waals surface area contributed by atoms with E-state index < -0.39 is 0 Å². The fourth-order valence-corrected chi connectivity index (χ4v) is 2.43.